The van der Waals surface area contributed by atoms with Crippen molar-refractivity contribution in [1.82, 2.24) is 34.2 Å². The van der Waals surface area contributed by atoms with Crippen LogP contribution in [0, 0.1) is 0 Å². The summed E-state index contributed by atoms with van der Waals surface area (Å²) in [5, 5.41) is 5.34. The summed E-state index contributed by atoms with van der Waals surface area (Å²) in [4.78, 5) is 18.2. The largest absolute Gasteiger partial charge is 0.353 e. The Labute approximate surface area is 147 Å². The van der Waals surface area contributed by atoms with Gasteiger partial charge in [0.1, 0.15) is 18.0 Å². The minimum absolute atomic E-state index is 0.428. The lowest BCUT2D eigenvalue weighted by molar-refractivity contribution is 0.174. The number of hydrogen-bond acceptors (Lipinski definition) is 6. The summed E-state index contributed by atoms with van der Waals surface area (Å²) in [6.45, 7) is 9.15. The first kappa shape index (κ1) is 16.0. The third-order valence-corrected chi connectivity index (χ3v) is 5.06. The standard InChI is InChI=1S/C17H24N8/c1-4-23-6-5-18-15(23)11-24-7-8-25(10-13(24)2)17-14-9-21-22(3)16(14)19-12-20-17/h5-6,9,12-13H,4,7-8,10-11H2,1-3H3/t13-/m1/s1. The van der Waals surface area contributed by atoms with Crippen LogP contribution in [0.5, 0.6) is 0 Å². The van der Waals surface area contributed by atoms with E-state index in [0.29, 0.717) is 6.04 Å². The van der Waals surface area contributed by atoms with Gasteiger partial charge < -0.3 is 9.47 Å². The number of anilines is 1. The molecule has 0 bridgehead atoms. The van der Waals surface area contributed by atoms with Crippen LogP contribution in [0.25, 0.3) is 11.0 Å². The van der Waals surface area contributed by atoms with E-state index < -0.39 is 0 Å². The maximum absolute atomic E-state index is 4.53. The highest BCUT2D eigenvalue weighted by molar-refractivity contribution is 5.86. The summed E-state index contributed by atoms with van der Waals surface area (Å²) in [7, 11) is 1.91. The summed E-state index contributed by atoms with van der Waals surface area (Å²) in [5.74, 6) is 2.12. The van der Waals surface area contributed by atoms with E-state index in [1.807, 2.05) is 19.4 Å². The van der Waals surface area contributed by atoms with Crippen molar-refractivity contribution in [2.75, 3.05) is 24.5 Å². The lowest BCUT2D eigenvalue weighted by Crippen LogP contribution is -2.52. The molecule has 0 saturated carbocycles. The Bertz CT molecular complexity index is 867. The van der Waals surface area contributed by atoms with Gasteiger partial charge in [-0.15, -0.1) is 0 Å². The van der Waals surface area contributed by atoms with Gasteiger partial charge in [0.05, 0.1) is 18.1 Å². The molecule has 1 saturated heterocycles. The van der Waals surface area contributed by atoms with Crippen molar-refractivity contribution in [3.05, 3.63) is 30.7 Å². The van der Waals surface area contributed by atoms with E-state index >= 15 is 0 Å². The van der Waals surface area contributed by atoms with Crippen LogP contribution in [0.3, 0.4) is 0 Å². The third-order valence-electron chi connectivity index (χ3n) is 5.06. The average Bonchev–Trinajstić information content (AvgIpc) is 3.23. The zero-order chi connectivity index (χ0) is 17.4. The summed E-state index contributed by atoms with van der Waals surface area (Å²) >= 11 is 0. The molecule has 3 aromatic rings. The normalized spacial score (nSPS) is 19.0. The molecule has 0 unspecified atom stereocenters. The van der Waals surface area contributed by atoms with Gasteiger partial charge in [-0.1, -0.05) is 0 Å². The highest BCUT2D eigenvalue weighted by Gasteiger charge is 2.27. The van der Waals surface area contributed by atoms with Crippen molar-refractivity contribution in [2.45, 2.75) is 33.0 Å². The van der Waals surface area contributed by atoms with Crippen molar-refractivity contribution >= 4 is 16.9 Å². The van der Waals surface area contributed by atoms with E-state index in [2.05, 4.69) is 54.5 Å². The quantitative estimate of drug-likeness (QED) is 0.713. The maximum atomic E-state index is 4.53. The van der Waals surface area contributed by atoms with Gasteiger partial charge in [0.25, 0.3) is 0 Å². The molecule has 8 heteroatoms. The summed E-state index contributed by atoms with van der Waals surface area (Å²) in [6, 6.07) is 0.428. The molecule has 0 aromatic carbocycles. The van der Waals surface area contributed by atoms with Crippen molar-refractivity contribution in [3.8, 4) is 0 Å². The van der Waals surface area contributed by atoms with E-state index in [1.54, 1.807) is 11.0 Å². The van der Waals surface area contributed by atoms with E-state index in [0.717, 1.165) is 55.4 Å². The number of nitrogens with zero attached hydrogens (tertiary/aromatic N) is 8. The molecule has 0 amide bonds. The lowest BCUT2D eigenvalue weighted by atomic mass is 10.2. The topological polar surface area (TPSA) is 67.9 Å². The molecule has 3 aromatic heterocycles. The molecule has 0 spiro atoms. The monoisotopic (exact) mass is 340 g/mol. The Balaban J connectivity index is 1.51. The number of aromatic nitrogens is 6. The fraction of sp³-hybridized carbons (Fsp3) is 0.529. The molecule has 0 aliphatic carbocycles. The van der Waals surface area contributed by atoms with Crippen LogP contribution < -0.4 is 4.90 Å². The lowest BCUT2D eigenvalue weighted by Gasteiger charge is -2.40. The van der Waals surface area contributed by atoms with Crippen LogP contribution in [-0.2, 0) is 20.1 Å². The minimum Gasteiger partial charge on any atom is -0.353 e. The predicted molar refractivity (Wildman–Crippen MR) is 96.3 cm³/mol. The zero-order valence-electron chi connectivity index (χ0n) is 15.0. The number of aryl methyl sites for hydroxylation is 2. The molecule has 0 radical (unpaired) electrons. The number of imidazole rings is 1. The minimum atomic E-state index is 0.428. The number of piperazine rings is 1. The number of hydrogen-bond donors (Lipinski definition) is 0. The highest BCUT2D eigenvalue weighted by atomic mass is 15.3. The zero-order valence-corrected chi connectivity index (χ0v) is 15.0. The first-order valence-electron chi connectivity index (χ1n) is 8.79. The molecule has 4 rings (SSSR count). The smallest absolute Gasteiger partial charge is 0.163 e. The summed E-state index contributed by atoms with van der Waals surface area (Å²) in [5.41, 5.74) is 0.880. The molecule has 1 atom stereocenters. The highest BCUT2D eigenvalue weighted by Crippen LogP contribution is 2.25. The van der Waals surface area contributed by atoms with Gasteiger partial charge in [0.2, 0.25) is 0 Å². The van der Waals surface area contributed by atoms with Crippen LogP contribution in [0.4, 0.5) is 5.82 Å². The van der Waals surface area contributed by atoms with Gasteiger partial charge in [-0.25, -0.2) is 15.0 Å². The van der Waals surface area contributed by atoms with Gasteiger partial charge in [-0.3, -0.25) is 9.58 Å². The molecule has 25 heavy (non-hydrogen) atoms. The van der Waals surface area contributed by atoms with Gasteiger partial charge in [0.15, 0.2) is 5.65 Å². The van der Waals surface area contributed by atoms with Crippen LogP contribution in [0.1, 0.15) is 19.7 Å². The van der Waals surface area contributed by atoms with Crippen LogP contribution >= 0.6 is 0 Å². The molecule has 1 aliphatic heterocycles. The first-order chi connectivity index (χ1) is 12.2. The van der Waals surface area contributed by atoms with Crippen molar-refractivity contribution < 1.29 is 0 Å². The van der Waals surface area contributed by atoms with Gasteiger partial charge in [-0.2, -0.15) is 5.10 Å². The second kappa shape index (κ2) is 6.44. The Morgan fingerprint density at radius 2 is 2.08 bits per heavy atom. The molecule has 4 heterocycles. The molecule has 8 nitrogen and oxygen atoms in total. The van der Waals surface area contributed by atoms with Crippen LogP contribution in [0.15, 0.2) is 24.9 Å². The first-order valence-corrected chi connectivity index (χ1v) is 8.79. The second-order valence-electron chi connectivity index (χ2n) is 6.60. The average molecular weight is 340 g/mol. The van der Waals surface area contributed by atoms with E-state index in [-0.39, 0.29) is 0 Å². The Kier molecular flexibility index (Phi) is 4.12. The molecular weight excluding hydrogens is 316 g/mol. The van der Waals surface area contributed by atoms with Crippen molar-refractivity contribution in [1.29, 1.82) is 0 Å². The fourth-order valence-corrected chi connectivity index (χ4v) is 3.59. The van der Waals surface area contributed by atoms with Crippen LogP contribution in [0.2, 0.25) is 0 Å². The Morgan fingerprint density at radius 3 is 2.88 bits per heavy atom. The van der Waals surface area contributed by atoms with E-state index in [1.165, 1.54) is 0 Å². The number of rotatable bonds is 4. The SMILES string of the molecule is CCn1ccnc1CN1CCN(c2ncnc3c2cnn3C)C[C@H]1C. The third kappa shape index (κ3) is 2.86. The molecule has 1 fully saturated rings. The van der Waals surface area contributed by atoms with E-state index in [4.69, 9.17) is 0 Å². The molecule has 132 valence electrons. The van der Waals surface area contributed by atoms with E-state index in [9.17, 15) is 0 Å². The summed E-state index contributed by atoms with van der Waals surface area (Å²) in [6.07, 6.45) is 7.43. The molecule has 1 aliphatic rings. The maximum Gasteiger partial charge on any atom is 0.163 e. The Hall–Kier alpha value is -2.48. The second-order valence-corrected chi connectivity index (χ2v) is 6.60. The Morgan fingerprint density at radius 1 is 1.20 bits per heavy atom. The number of fused-ring (bicyclic) bond motifs is 1. The van der Waals surface area contributed by atoms with Gasteiger partial charge in [0, 0.05) is 51.7 Å². The fourth-order valence-electron chi connectivity index (χ4n) is 3.59. The van der Waals surface area contributed by atoms with Gasteiger partial charge in [-0.05, 0) is 13.8 Å². The van der Waals surface area contributed by atoms with Gasteiger partial charge >= 0.3 is 0 Å². The molecular formula is C17H24N8. The van der Waals surface area contributed by atoms with Crippen molar-refractivity contribution in [3.63, 3.8) is 0 Å². The predicted octanol–water partition coefficient (Wildman–Crippen LogP) is 1.29. The van der Waals surface area contributed by atoms with Crippen molar-refractivity contribution in [2.24, 2.45) is 7.05 Å². The molecule has 0 N–H and O–H groups in total. The summed E-state index contributed by atoms with van der Waals surface area (Å²) < 4.78 is 4.01. The van der Waals surface area contributed by atoms with Crippen LogP contribution in [-0.4, -0.2) is 59.9 Å².